The fraction of sp³-hybridized carbons (Fsp3) is 0.259. The van der Waals surface area contributed by atoms with Gasteiger partial charge in [-0.2, -0.15) is 0 Å². The molecule has 176 valence electrons. The maximum Gasteiger partial charge on any atom is 0.228 e. The maximum atomic E-state index is 12.8. The fourth-order valence-corrected chi connectivity index (χ4v) is 5.12. The Morgan fingerprint density at radius 3 is 2.68 bits per heavy atom. The van der Waals surface area contributed by atoms with Gasteiger partial charge < -0.3 is 10.2 Å². The largest absolute Gasteiger partial charge is 0.368 e. The minimum Gasteiger partial charge on any atom is -0.368 e. The molecule has 1 heterocycles. The Kier molecular flexibility index (Phi) is 8.27. The predicted molar refractivity (Wildman–Crippen MR) is 143 cm³/mol. The second-order valence-electron chi connectivity index (χ2n) is 8.65. The van der Waals surface area contributed by atoms with Crippen molar-refractivity contribution in [1.29, 1.82) is 0 Å². The normalized spacial score (nSPS) is 13.6. The zero-order valence-electron chi connectivity index (χ0n) is 19.5. The summed E-state index contributed by atoms with van der Waals surface area (Å²) < 4.78 is 4.51. The molecule has 0 aromatic heterocycles. The van der Waals surface area contributed by atoms with E-state index in [1.807, 2.05) is 55.4 Å². The smallest absolute Gasteiger partial charge is 0.228 e. The minimum absolute atomic E-state index is 0.0854. The number of benzene rings is 3. The summed E-state index contributed by atoms with van der Waals surface area (Å²) in [6, 6.07) is 22.1. The molecule has 0 aliphatic carbocycles. The van der Waals surface area contributed by atoms with Crippen molar-refractivity contribution >= 4 is 41.5 Å². The van der Waals surface area contributed by atoms with Gasteiger partial charge in [0.05, 0.1) is 12.8 Å². The van der Waals surface area contributed by atoms with Crippen molar-refractivity contribution < 1.29 is 4.79 Å². The fourth-order valence-electron chi connectivity index (χ4n) is 4.04. The second-order valence-corrected chi connectivity index (χ2v) is 9.89. The number of amides is 1. The van der Waals surface area contributed by atoms with Crippen LogP contribution in [0.15, 0.2) is 76.0 Å². The zero-order valence-corrected chi connectivity index (χ0v) is 21.1. The van der Waals surface area contributed by atoms with E-state index in [2.05, 4.69) is 44.9 Å². The number of halogens is 1. The number of rotatable bonds is 8. The molecule has 0 saturated carbocycles. The molecule has 1 N–H and O–H groups in total. The Bertz CT molecular complexity index is 1170. The van der Waals surface area contributed by atoms with Gasteiger partial charge in [0, 0.05) is 61.3 Å². The third-order valence-corrected chi connectivity index (χ3v) is 6.77. The summed E-state index contributed by atoms with van der Waals surface area (Å²) in [7, 11) is 3.90. The lowest BCUT2D eigenvalue weighted by molar-refractivity contribution is -0.115. The Balaban J connectivity index is 1.55. The van der Waals surface area contributed by atoms with Crippen LogP contribution >= 0.6 is 23.5 Å². The highest BCUT2D eigenvalue weighted by molar-refractivity contribution is 7.98. The Labute approximate surface area is 211 Å². The van der Waals surface area contributed by atoms with Gasteiger partial charge in [0.25, 0.3) is 0 Å². The van der Waals surface area contributed by atoms with Gasteiger partial charge in [-0.3, -0.25) is 9.69 Å². The van der Waals surface area contributed by atoms with E-state index in [4.69, 9.17) is 11.6 Å². The average Bonchev–Trinajstić information content (AvgIpc) is 2.81. The zero-order chi connectivity index (χ0) is 23.9. The lowest BCUT2D eigenvalue weighted by atomic mass is 9.98. The van der Waals surface area contributed by atoms with Crippen LogP contribution in [0.25, 0.3) is 0 Å². The number of fused-ring (bicyclic) bond motifs is 1. The summed E-state index contributed by atoms with van der Waals surface area (Å²) in [5, 5.41) is 3.69. The molecule has 34 heavy (non-hydrogen) atoms. The number of anilines is 1. The summed E-state index contributed by atoms with van der Waals surface area (Å²) in [6.45, 7) is 2.74. The lowest BCUT2D eigenvalue weighted by Crippen LogP contribution is -2.30. The van der Waals surface area contributed by atoms with Crippen molar-refractivity contribution in [3.8, 4) is 0 Å². The third kappa shape index (κ3) is 6.63. The SMILES string of the molecule is CN(C)/C=N/Sc1cc(NC(=O)Cc2ccccc2Cl)cc2c1CCN(Cc1ccccc1)C2. The first-order valence-corrected chi connectivity index (χ1v) is 12.5. The first-order chi connectivity index (χ1) is 16.5. The second kappa shape index (κ2) is 11.6. The van der Waals surface area contributed by atoms with Crippen LogP contribution in [0.1, 0.15) is 22.3 Å². The van der Waals surface area contributed by atoms with Crippen LogP contribution in [0.2, 0.25) is 5.02 Å². The van der Waals surface area contributed by atoms with Crippen LogP contribution in [0.3, 0.4) is 0 Å². The first-order valence-electron chi connectivity index (χ1n) is 11.3. The number of hydrogen-bond acceptors (Lipinski definition) is 4. The van der Waals surface area contributed by atoms with Gasteiger partial charge in [-0.05, 0) is 46.9 Å². The molecule has 5 nitrogen and oxygen atoms in total. The standard InChI is InChI=1S/C27H29ClN4OS/c1-31(2)19-29-34-26-16-23(30-27(33)15-21-10-6-7-11-25(21)28)14-22-18-32(13-12-24(22)26)17-20-8-4-3-5-9-20/h3-11,14,16,19H,12-13,15,17-18H2,1-2H3,(H,30,33)/b29-19+. The number of hydrogen-bond donors (Lipinski definition) is 1. The van der Waals surface area contributed by atoms with Crippen molar-refractivity contribution in [2.24, 2.45) is 4.40 Å². The first kappa shape index (κ1) is 24.3. The van der Waals surface area contributed by atoms with Crippen LogP contribution in [0.4, 0.5) is 5.69 Å². The molecule has 1 aliphatic heterocycles. The van der Waals surface area contributed by atoms with Gasteiger partial charge >= 0.3 is 0 Å². The summed E-state index contributed by atoms with van der Waals surface area (Å²) in [6.07, 6.45) is 2.98. The topological polar surface area (TPSA) is 47.9 Å². The molecule has 0 saturated heterocycles. The molecule has 1 amide bonds. The molecule has 3 aromatic rings. The molecule has 0 atom stereocenters. The van der Waals surface area contributed by atoms with Gasteiger partial charge in [-0.1, -0.05) is 60.1 Å². The van der Waals surface area contributed by atoms with E-state index < -0.39 is 0 Å². The van der Waals surface area contributed by atoms with Gasteiger partial charge in [0.15, 0.2) is 0 Å². The van der Waals surface area contributed by atoms with Crippen molar-refractivity contribution in [3.63, 3.8) is 0 Å². The van der Waals surface area contributed by atoms with E-state index in [1.54, 1.807) is 6.34 Å². The summed E-state index contributed by atoms with van der Waals surface area (Å²) >= 11 is 7.70. The monoisotopic (exact) mass is 492 g/mol. The molecular weight excluding hydrogens is 464 g/mol. The highest BCUT2D eigenvalue weighted by Crippen LogP contribution is 2.34. The van der Waals surface area contributed by atoms with E-state index in [-0.39, 0.29) is 12.3 Å². The average molecular weight is 493 g/mol. The van der Waals surface area contributed by atoms with Gasteiger partial charge in [-0.25, -0.2) is 4.40 Å². The highest BCUT2D eigenvalue weighted by atomic mass is 35.5. The molecule has 0 radical (unpaired) electrons. The molecule has 0 unspecified atom stereocenters. The molecule has 0 fully saturated rings. The highest BCUT2D eigenvalue weighted by Gasteiger charge is 2.21. The van der Waals surface area contributed by atoms with E-state index in [0.717, 1.165) is 42.2 Å². The van der Waals surface area contributed by atoms with Gasteiger partial charge in [-0.15, -0.1) is 0 Å². The van der Waals surface area contributed by atoms with Gasteiger partial charge in [0.2, 0.25) is 5.91 Å². The number of carbonyl (C=O) groups is 1. The van der Waals surface area contributed by atoms with Crippen molar-refractivity contribution in [3.05, 3.63) is 94.0 Å². The van der Waals surface area contributed by atoms with E-state index >= 15 is 0 Å². The lowest BCUT2D eigenvalue weighted by Gasteiger charge is -2.30. The minimum atomic E-state index is -0.0854. The molecule has 7 heteroatoms. The van der Waals surface area contributed by atoms with Crippen LogP contribution in [-0.2, 0) is 30.7 Å². The molecule has 0 bridgehead atoms. The predicted octanol–water partition coefficient (Wildman–Crippen LogP) is 5.68. The molecule has 3 aromatic carbocycles. The van der Waals surface area contributed by atoms with Crippen LogP contribution in [-0.4, -0.2) is 42.7 Å². The number of carbonyl (C=O) groups excluding carboxylic acids is 1. The van der Waals surface area contributed by atoms with Gasteiger partial charge in [0.1, 0.15) is 0 Å². The van der Waals surface area contributed by atoms with Crippen LogP contribution in [0.5, 0.6) is 0 Å². The number of nitrogens with one attached hydrogen (secondary N) is 1. The summed E-state index contributed by atoms with van der Waals surface area (Å²) in [5.41, 5.74) is 5.47. The van der Waals surface area contributed by atoms with Crippen LogP contribution in [0, 0.1) is 0 Å². The van der Waals surface area contributed by atoms with Crippen LogP contribution < -0.4 is 5.32 Å². The maximum absolute atomic E-state index is 12.8. The number of nitrogens with zero attached hydrogens (tertiary/aromatic N) is 3. The molecular formula is C27H29ClN4OS. The molecule has 1 aliphatic rings. The molecule has 4 rings (SSSR count). The Hall–Kier alpha value is -2.80. The van der Waals surface area contributed by atoms with Crippen molar-refractivity contribution in [2.45, 2.75) is 30.8 Å². The summed E-state index contributed by atoms with van der Waals surface area (Å²) in [5.74, 6) is -0.0854. The van der Waals surface area contributed by atoms with Crippen molar-refractivity contribution in [2.75, 3.05) is 26.0 Å². The van der Waals surface area contributed by atoms with E-state index in [1.165, 1.54) is 28.6 Å². The third-order valence-electron chi connectivity index (χ3n) is 5.64. The molecule has 0 spiro atoms. The Morgan fingerprint density at radius 2 is 1.91 bits per heavy atom. The Morgan fingerprint density at radius 1 is 1.15 bits per heavy atom. The summed E-state index contributed by atoms with van der Waals surface area (Å²) in [4.78, 5) is 18.2. The van der Waals surface area contributed by atoms with E-state index in [0.29, 0.717) is 5.02 Å². The van der Waals surface area contributed by atoms with E-state index in [9.17, 15) is 4.79 Å². The quantitative estimate of drug-likeness (QED) is 0.250. The van der Waals surface area contributed by atoms with Crippen molar-refractivity contribution in [1.82, 2.24) is 9.80 Å².